The Morgan fingerprint density at radius 2 is 2.21 bits per heavy atom. The summed E-state index contributed by atoms with van der Waals surface area (Å²) in [5.74, 6) is 0.700. The van der Waals surface area contributed by atoms with Crippen LogP contribution >= 0.6 is 0 Å². The molecule has 100 valence electrons. The van der Waals surface area contributed by atoms with Crippen LogP contribution in [0.3, 0.4) is 0 Å². The second-order valence-electron chi connectivity index (χ2n) is 5.33. The predicted octanol–water partition coefficient (Wildman–Crippen LogP) is 3.25. The van der Waals surface area contributed by atoms with Gasteiger partial charge in [0.05, 0.1) is 6.20 Å². The van der Waals surface area contributed by atoms with E-state index in [2.05, 4.69) is 23.3 Å². The van der Waals surface area contributed by atoms with Crippen molar-refractivity contribution in [3.8, 4) is 0 Å². The maximum absolute atomic E-state index is 10.4. The van der Waals surface area contributed by atoms with E-state index in [1.54, 1.807) is 6.20 Å². The predicted molar refractivity (Wildman–Crippen MR) is 75.0 cm³/mol. The van der Waals surface area contributed by atoms with Gasteiger partial charge in [-0.1, -0.05) is 30.7 Å². The van der Waals surface area contributed by atoms with Crippen LogP contribution in [0.15, 0.2) is 36.7 Å². The average Bonchev–Trinajstić information content (AvgIpc) is 2.85. The molecular formula is C16H20N2O. The lowest BCUT2D eigenvalue weighted by Gasteiger charge is -2.26. The molecule has 0 bridgehead atoms. The standard InChI is InChI=1S/C16H20N2O/c1-2-18-11-15(10-17-18)16(19)14-8-4-7-13(9-14)12-5-3-6-12/h4,7-12,16,19H,2-3,5-6H2,1H3. The summed E-state index contributed by atoms with van der Waals surface area (Å²) in [6.07, 6.45) is 7.01. The van der Waals surface area contributed by atoms with Crippen molar-refractivity contribution in [3.63, 3.8) is 0 Å². The van der Waals surface area contributed by atoms with Gasteiger partial charge in [0.2, 0.25) is 0 Å². The Labute approximate surface area is 113 Å². The van der Waals surface area contributed by atoms with Crippen molar-refractivity contribution in [3.05, 3.63) is 53.3 Å². The molecule has 2 aromatic rings. The molecule has 0 amide bonds. The van der Waals surface area contributed by atoms with Crippen molar-refractivity contribution in [2.45, 2.75) is 44.8 Å². The molecule has 0 spiro atoms. The molecule has 1 heterocycles. The molecule has 1 aromatic heterocycles. The van der Waals surface area contributed by atoms with Crippen molar-refractivity contribution < 1.29 is 5.11 Å². The molecule has 3 heteroatoms. The first-order valence-electron chi connectivity index (χ1n) is 7.08. The lowest BCUT2D eigenvalue weighted by Crippen LogP contribution is -2.09. The Hall–Kier alpha value is -1.61. The molecule has 19 heavy (non-hydrogen) atoms. The van der Waals surface area contributed by atoms with E-state index in [-0.39, 0.29) is 0 Å². The van der Waals surface area contributed by atoms with Gasteiger partial charge in [-0.15, -0.1) is 0 Å². The molecule has 0 aliphatic heterocycles. The topological polar surface area (TPSA) is 38.0 Å². The Balaban J connectivity index is 1.84. The second kappa shape index (κ2) is 5.17. The van der Waals surface area contributed by atoms with Crippen LogP contribution in [-0.2, 0) is 6.54 Å². The van der Waals surface area contributed by atoms with Crippen LogP contribution in [-0.4, -0.2) is 14.9 Å². The third kappa shape index (κ3) is 2.43. The normalized spacial score (nSPS) is 17.2. The molecule has 3 rings (SSSR count). The number of nitrogens with zero attached hydrogens (tertiary/aromatic N) is 2. The molecule has 0 radical (unpaired) electrons. The second-order valence-corrected chi connectivity index (χ2v) is 5.33. The van der Waals surface area contributed by atoms with Crippen LogP contribution < -0.4 is 0 Å². The van der Waals surface area contributed by atoms with Crippen molar-refractivity contribution in [1.82, 2.24) is 9.78 Å². The van der Waals surface area contributed by atoms with Gasteiger partial charge >= 0.3 is 0 Å². The third-order valence-corrected chi connectivity index (χ3v) is 4.10. The Kier molecular flexibility index (Phi) is 3.38. The van der Waals surface area contributed by atoms with Gasteiger partial charge < -0.3 is 5.11 Å². The van der Waals surface area contributed by atoms with E-state index in [4.69, 9.17) is 0 Å². The first-order valence-corrected chi connectivity index (χ1v) is 7.08. The van der Waals surface area contributed by atoms with Crippen LogP contribution in [0.2, 0.25) is 0 Å². The molecule has 0 saturated heterocycles. The van der Waals surface area contributed by atoms with Gasteiger partial charge in [-0.2, -0.15) is 5.10 Å². The maximum atomic E-state index is 10.4. The number of aromatic nitrogens is 2. The summed E-state index contributed by atoms with van der Waals surface area (Å²) < 4.78 is 1.84. The SMILES string of the molecule is CCn1cc(C(O)c2cccc(C3CCC3)c2)cn1. The van der Waals surface area contributed by atoms with Crippen LogP contribution in [0.5, 0.6) is 0 Å². The van der Waals surface area contributed by atoms with Crippen LogP contribution in [0.4, 0.5) is 0 Å². The van der Waals surface area contributed by atoms with Gasteiger partial charge in [0, 0.05) is 18.3 Å². The highest BCUT2D eigenvalue weighted by Gasteiger charge is 2.21. The van der Waals surface area contributed by atoms with E-state index in [9.17, 15) is 5.11 Å². The Bertz CT molecular complexity index is 557. The minimum Gasteiger partial charge on any atom is -0.384 e. The van der Waals surface area contributed by atoms with Crippen molar-refractivity contribution in [2.24, 2.45) is 0 Å². The number of rotatable bonds is 4. The van der Waals surface area contributed by atoms with Gasteiger partial charge in [0.25, 0.3) is 0 Å². The fourth-order valence-corrected chi connectivity index (χ4v) is 2.61. The zero-order chi connectivity index (χ0) is 13.2. The van der Waals surface area contributed by atoms with Gasteiger partial charge in [-0.05, 0) is 36.8 Å². The first-order chi connectivity index (χ1) is 9.28. The molecule has 3 nitrogen and oxygen atoms in total. The molecule has 1 N–H and O–H groups in total. The van der Waals surface area contributed by atoms with Crippen molar-refractivity contribution in [1.29, 1.82) is 0 Å². The zero-order valence-electron chi connectivity index (χ0n) is 11.3. The summed E-state index contributed by atoms with van der Waals surface area (Å²) in [6.45, 7) is 2.87. The lowest BCUT2D eigenvalue weighted by molar-refractivity contribution is 0.220. The first kappa shape index (κ1) is 12.4. The zero-order valence-corrected chi connectivity index (χ0v) is 11.3. The maximum Gasteiger partial charge on any atom is 0.107 e. The Morgan fingerprint density at radius 3 is 2.84 bits per heavy atom. The van der Waals surface area contributed by atoms with E-state index < -0.39 is 6.10 Å². The van der Waals surface area contributed by atoms with Gasteiger partial charge in [-0.25, -0.2) is 0 Å². The number of benzene rings is 1. The number of hydrogen-bond acceptors (Lipinski definition) is 2. The summed E-state index contributed by atoms with van der Waals surface area (Å²) in [5.41, 5.74) is 3.21. The molecule has 1 aliphatic carbocycles. The highest BCUT2D eigenvalue weighted by molar-refractivity contribution is 5.33. The molecule has 1 fully saturated rings. The van der Waals surface area contributed by atoms with E-state index in [0.717, 1.165) is 17.7 Å². The molecular weight excluding hydrogens is 236 g/mol. The van der Waals surface area contributed by atoms with Gasteiger partial charge in [0.15, 0.2) is 0 Å². The number of aliphatic hydroxyl groups excluding tert-OH is 1. The van der Waals surface area contributed by atoms with E-state index in [1.165, 1.54) is 24.8 Å². The van der Waals surface area contributed by atoms with Crippen molar-refractivity contribution in [2.75, 3.05) is 0 Å². The highest BCUT2D eigenvalue weighted by Crippen LogP contribution is 2.37. The summed E-state index contributed by atoms with van der Waals surface area (Å²) in [4.78, 5) is 0. The van der Waals surface area contributed by atoms with E-state index in [1.807, 2.05) is 23.9 Å². The fourth-order valence-electron chi connectivity index (χ4n) is 2.61. The van der Waals surface area contributed by atoms with Crippen LogP contribution in [0, 0.1) is 0 Å². The summed E-state index contributed by atoms with van der Waals surface area (Å²) in [7, 11) is 0. The monoisotopic (exact) mass is 256 g/mol. The minimum atomic E-state index is -0.569. The molecule has 1 aliphatic rings. The fraction of sp³-hybridized carbons (Fsp3) is 0.438. The van der Waals surface area contributed by atoms with Crippen LogP contribution in [0.1, 0.15) is 54.9 Å². The summed E-state index contributed by atoms with van der Waals surface area (Å²) in [6, 6.07) is 8.37. The van der Waals surface area contributed by atoms with Crippen molar-refractivity contribution >= 4 is 0 Å². The smallest absolute Gasteiger partial charge is 0.107 e. The molecule has 1 atom stereocenters. The van der Waals surface area contributed by atoms with Crippen LogP contribution in [0.25, 0.3) is 0 Å². The van der Waals surface area contributed by atoms with E-state index in [0.29, 0.717) is 5.92 Å². The summed E-state index contributed by atoms with van der Waals surface area (Å²) >= 11 is 0. The number of aliphatic hydroxyl groups is 1. The Morgan fingerprint density at radius 1 is 1.37 bits per heavy atom. The minimum absolute atomic E-state index is 0.569. The third-order valence-electron chi connectivity index (χ3n) is 4.10. The van der Waals surface area contributed by atoms with Gasteiger partial charge in [-0.3, -0.25) is 4.68 Å². The largest absolute Gasteiger partial charge is 0.384 e. The quantitative estimate of drug-likeness (QED) is 0.911. The highest BCUT2D eigenvalue weighted by atomic mass is 16.3. The lowest BCUT2D eigenvalue weighted by atomic mass is 9.79. The average molecular weight is 256 g/mol. The number of aryl methyl sites for hydroxylation is 1. The molecule has 1 aromatic carbocycles. The van der Waals surface area contributed by atoms with E-state index >= 15 is 0 Å². The summed E-state index contributed by atoms with van der Waals surface area (Å²) in [5, 5.41) is 14.7. The molecule has 1 saturated carbocycles. The number of hydrogen-bond donors (Lipinski definition) is 1. The molecule has 1 unspecified atom stereocenters. The van der Waals surface area contributed by atoms with Gasteiger partial charge in [0.1, 0.15) is 6.10 Å².